The second-order valence-corrected chi connectivity index (χ2v) is 5.93. The van der Waals surface area contributed by atoms with Crippen molar-refractivity contribution in [2.24, 2.45) is 0 Å². The summed E-state index contributed by atoms with van der Waals surface area (Å²) in [7, 11) is 0. The summed E-state index contributed by atoms with van der Waals surface area (Å²) in [5.41, 5.74) is 1.12. The molecular weight excluding hydrogens is 256 g/mol. The predicted octanol–water partition coefficient (Wildman–Crippen LogP) is 3.03. The highest BCUT2D eigenvalue weighted by atomic mass is 32.2. The van der Waals surface area contributed by atoms with Gasteiger partial charge in [0.2, 0.25) is 5.91 Å². The van der Waals surface area contributed by atoms with Gasteiger partial charge in [0.25, 0.3) is 0 Å². The molecule has 0 bridgehead atoms. The van der Waals surface area contributed by atoms with Gasteiger partial charge in [-0.3, -0.25) is 9.69 Å². The van der Waals surface area contributed by atoms with E-state index in [-0.39, 0.29) is 10.8 Å². The van der Waals surface area contributed by atoms with E-state index in [1.165, 1.54) is 0 Å². The monoisotopic (exact) mass is 270 g/mol. The minimum Gasteiger partial charge on any atom is -0.277 e. The first-order chi connectivity index (χ1) is 9.22. The zero-order valence-corrected chi connectivity index (χ0v) is 11.4. The Morgan fingerprint density at radius 1 is 1.16 bits per heavy atom. The summed E-state index contributed by atoms with van der Waals surface area (Å²) in [4.78, 5) is 18.0. The molecule has 4 heteroatoms. The zero-order valence-electron chi connectivity index (χ0n) is 10.6. The lowest BCUT2D eigenvalue weighted by Gasteiger charge is -2.33. The van der Waals surface area contributed by atoms with E-state index in [4.69, 9.17) is 0 Å². The SMILES string of the molecule is CC1(c2ccccc2)SCC(=O)N1c1ccccn1. The van der Waals surface area contributed by atoms with E-state index in [2.05, 4.69) is 24.0 Å². The molecule has 3 nitrogen and oxygen atoms in total. The summed E-state index contributed by atoms with van der Waals surface area (Å²) in [5, 5.41) is 0. The minimum absolute atomic E-state index is 0.107. The first-order valence-corrected chi connectivity index (χ1v) is 7.14. The third-order valence-corrected chi connectivity index (χ3v) is 4.71. The van der Waals surface area contributed by atoms with Crippen molar-refractivity contribution in [3.05, 3.63) is 60.3 Å². The van der Waals surface area contributed by atoms with Crippen molar-refractivity contribution >= 4 is 23.5 Å². The molecule has 19 heavy (non-hydrogen) atoms. The molecule has 96 valence electrons. The number of hydrogen-bond donors (Lipinski definition) is 0. The van der Waals surface area contributed by atoms with E-state index in [1.807, 2.05) is 36.4 Å². The van der Waals surface area contributed by atoms with Crippen LogP contribution in [0.4, 0.5) is 5.82 Å². The molecule has 3 rings (SSSR count). The van der Waals surface area contributed by atoms with Gasteiger partial charge in [0.05, 0.1) is 5.75 Å². The molecule has 2 aromatic rings. The lowest BCUT2D eigenvalue weighted by atomic mass is 10.1. The van der Waals surface area contributed by atoms with Crippen molar-refractivity contribution in [3.8, 4) is 0 Å². The third-order valence-electron chi connectivity index (χ3n) is 3.34. The largest absolute Gasteiger partial charge is 0.277 e. The van der Waals surface area contributed by atoms with Gasteiger partial charge >= 0.3 is 0 Å². The second kappa shape index (κ2) is 4.70. The van der Waals surface area contributed by atoms with Crippen LogP contribution in [0, 0.1) is 0 Å². The Morgan fingerprint density at radius 3 is 2.58 bits per heavy atom. The molecule has 1 fully saturated rings. The number of benzene rings is 1. The number of amides is 1. The highest BCUT2D eigenvalue weighted by Crippen LogP contribution is 2.46. The Hall–Kier alpha value is -1.81. The number of carbonyl (C=O) groups is 1. The van der Waals surface area contributed by atoms with Crippen LogP contribution >= 0.6 is 11.8 Å². The van der Waals surface area contributed by atoms with Gasteiger partial charge < -0.3 is 0 Å². The van der Waals surface area contributed by atoms with Gasteiger partial charge in [-0.2, -0.15) is 0 Å². The molecule has 1 aliphatic heterocycles. The summed E-state index contributed by atoms with van der Waals surface area (Å²) in [6.07, 6.45) is 1.72. The molecule has 1 saturated heterocycles. The smallest absolute Gasteiger partial charge is 0.239 e. The Kier molecular flexibility index (Phi) is 3.03. The second-order valence-electron chi connectivity index (χ2n) is 4.55. The summed E-state index contributed by atoms with van der Waals surface area (Å²) in [6, 6.07) is 15.7. The number of thioether (sulfide) groups is 1. The van der Waals surface area contributed by atoms with E-state index in [9.17, 15) is 4.79 Å². The quantitative estimate of drug-likeness (QED) is 0.841. The molecule has 1 amide bonds. The van der Waals surface area contributed by atoms with E-state index >= 15 is 0 Å². The van der Waals surface area contributed by atoms with Gasteiger partial charge in [0, 0.05) is 6.20 Å². The van der Waals surface area contributed by atoms with Crippen LogP contribution in [0.1, 0.15) is 12.5 Å². The molecule has 0 N–H and O–H groups in total. The maximum Gasteiger partial charge on any atom is 0.239 e. The van der Waals surface area contributed by atoms with Gasteiger partial charge in [0.15, 0.2) is 0 Å². The molecule has 1 atom stereocenters. The number of hydrogen-bond acceptors (Lipinski definition) is 3. The highest BCUT2D eigenvalue weighted by Gasteiger charge is 2.45. The van der Waals surface area contributed by atoms with Crippen molar-refractivity contribution in [3.63, 3.8) is 0 Å². The summed E-state index contributed by atoms with van der Waals surface area (Å²) >= 11 is 1.65. The molecule has 0 saturated carbocycles. The predicted molar refractivity (Wildman–Crippen MR) is 78.0 cm³/mol. The maximum absolute atomic E-state index is 12.2. The number of anilines is 1. The van der Waals surface area contributed by atoms with Crippen LogP contribution in [0.5, 0.6) is 0 Å². The van der Waals surface area contributed by atoms with Gasteiger partial charge in [-0.05, 0) is 24.6 Å². The van der Waals surface area contributed by atoms with Gasteiger partial charge in [0.1, 0.15) is 10.7 Å². The van der Waals surface area contributed by atoms with Crippen molar-refractivity contribution in [2.45, 2.75) is 11.8 Å². The van der Waals surface area contributed by atoms with Gasteiger partial charge in [-0.1, -0.05) is 36.4 Å². The van der Waals surface area contributed by atoms with Crippen LogP contribution in [0.3, 0.4) is 0 Å². The zero-order chi connectivity index (χ0) is 13.3. The van der Waals surface area contributed by atoms with E-state index in [0.29, 0.717) is 11.6 Å². The van der Waals surface area contributed by atoms with Crippen LogP contribution in [-0.4, -0.2) is 16.6 Å². The number of carbonyl (C=O) groups excluding carboxylic acids is 1. The van der Waals surface area contributed by atoms with Crippen LogP contribution in [-0.2, 0) is 9.67 Å². The maximum atomic E-state index is 12.2. The average Bonchev–Trinajstić information content (AvgIpc) is 2.78. The van der Waals surface area contributed by atoms with Crippen LogP contribution in [0.25, 0.3) is 0 Å². The van der Waals surface area contributed by atoms with Crippen LogP contribution in [0.2, 0.25) is 0 Å². The highest BCUT2D eigenvalue weighted by molar-refractivity contribution is 8.01. The first kappa shape index (κ1) is 12.2. The number of pyridine rings is 1. The summed E-state index contributed by atoms with van der Waals surface area (Å²) < 4.78 is 0. The van der Waals surface area contributed by atoms with E-state index < -0.39 is 0 Å². The normalized spacial score (nSPS) is 22.8. The molecule has 2 heterocycles. The Labute approximate surface area is 116 Å². The number of nitrogens with zero attached hydrogens (tertiary/aromatic N) is 2. The van der Waals surface area contributed by atoms with Crippen molar-refractivity contribution in [1.82, 2.24) is 4.98 Å². The molecule has 1 aliphatic rings. The van der Waals surface area contributed by atoms with Crippen molar-refractivity contribution < 1.29 is 4.79 Å². The molecule has 1 aromatic heterocycles. The fraction of sp³-hybridized carbons (Fsp3) is 0.200. The van der Waals surface area contributed by atoms with E-state index in [0.717, 1.165) is 5.56 Å². The molecule has 0 aliphatic carbocycles. The van der Waals surface area contributed by atoms with Crippen molar-refractivity contribution in [1.29, 1.82) is 0 Å². The molecule has 1 aromatic carbocycles. The lowest BCUT2D eigenvalue weighted by molar-refractivity contribution is -0.116. The van der Waals surface area contributed by atoms with Crippen molar-refractivity contribution in [2.75, 3.05) is 10.7 Å². The minimum atomic E-state index is -0.382. The fourth-order valence-electron chi connectivity index (χ4n) is 2.36. The van der Waals surface area contributed by atoms with Crippen LogP contribution in [0.15, 0.2) is 54.7 Å². The Morgan fingerprint density at radius 2 is 1.89 bits per heavy atom. The van der Waals surface area contributed by atoms with E-state index in [1.54, 1.807) is 22.9 Å². The molecule has 1 unspecified atom stereocenters. The Bertz CT molecular complexity index is 588. The average molecular weight is 270 g/mol. The Balaban J connectivity index is 2.08. The summed E-state index contributed by atoms with van der Waals surface area (Å²) in [6.45, 7) is 2.08. The standard InChI is InChI=1S/C15H14N2OS/c1-15(12-7-3-2-4-8-12)17(14(18)11-19-15)13-9-5-6-10-16-13/h2-10H,11H2,1H3. The van der Waals surface area contributed by atoms with Gasteiger partial charge in [-0.25, -0.2) is 4.98 Å². The topological polar surface area (TPSA) is 33.2 Å². The first-order valence-electron chi connectivity index (χ1n) is 6.15. The number of rotatable bonds is 2. The van der Waals surface area contributed by atoms with Crippen LogP contribution < -0.4 is 4.90 Å². The van der Waals surface area contributed by atoms with Gasteiger partial charge in [-0.15, -0.1) is 11.8 Å². The molecular formula is C15H14N2OS. The number of aromatic nitrogens is 1. The summed E-state index contributed by atoms with van der Waals surface area (Å²) in [5.74, 6) is 1.31. The fourth-order valence-corrected chi connectivity index (χ4v) is 3.52. The lowest BCUT2D eigenvalue weighted by Crippen LogP contribution is -2.40. The molecule has 0 radical (unpaired) electrons. The molecule has 0 spiro atoms. The third kappa shape index (κ3) is 2.02.